The normalized spacial score (nSPS) is 13.5. The number of rotatable bonds is 5. The smallest absolute Gasteiger partial charge is 0.263 e. The molecule has 0 fully saturated rings. The zero-order valence-electron chi connectivity index (χ0n) is 17.3. The van der Waals surface area contributed by atoms with Crippen LogP contribution < -0.4 is 5.56 Å². The quantitative estimate of drug-likeness (QED) is 0.295. The summed E-state index contributed by atoms with van der Waals surface area (Å²) in [6, 6.07) is 11.3. The van der Waals surface area contributed by atoms with E-state index in [0.717, 1.165) is 20.8 Å². The summed E-state index contributed by atoms with van der Waals surface area (Å²) in [5.41, 5.74) is 2.07. The minimum Gasteiger partial charge on any atom is -0.467 e. The molecule has 0 spiro atoms. The zero-order chi connectivity index (χ0) is 22.2. The second-order valence-corrected chi connectivity index (χ2v) is 10.1. The number of aromatic nitrogens is 2. The van der Waals surface area contributed by atoms with E-state index < -0.39 is 0 Å². The maximum Gasteiger partial charge on any atom is 0.263 e. The van der Waals surface area contributed by atoms with Gasteiger partial charge in [-0.2, -0.15) is 0 Å². The van der Waals surface area contributed by atoms with Gasteiger partial charge in [-0.3, -0.25) is 14.2 Å². The molecule has 1 aliphatic rings. The van der Waals surface area contributed by atoms with Crippen LogP contribution in [0.1, 0.15) is 28.7 Å². The average molecular weight is 486 g/mol. The molecule has 3 aromatic heterocycles. The Kier molecular flexibility index (Phi) is 5.84. The standard InChI is InChI=1S/C23H20ClN3O3S2/c1-14(28)26-9-8-18-19(12-26)32-21-20(18)22(29)27(11-17-3-2-10-30-17)23(25-21)31-13-15-4-6-16(24)7-5-15/h2-7,10H,8-9,11-13H2,1H3. The van der Waals surface area contributed by atoms with Crippen LogP contribution in [0.5, 0.6) is 0 Å². The number of hydrogen-bond acceptors (Lipinski definition) is 6. The number of fused-ring (bicyclic) bond motifs is 3. The molecule has 0 N–H and O–H groups in total. The highest BCUT2D eigenvalue weighted by Gasteiger charge is 2.26. The van der Waals surface area contributed by atoms with E-state index >= 15 is 0 Å². The highest BCUT2D eigenvalue weighted by atomic mass is 35.5. The first kappa shape index (κ1) is 21.3. The van der Waals surface area contributed by atoms with Crippen molar-refractivity contribution in [2.45, 2.75) is 37.3 Å². The van der Waals surface area contributed by atoms with Gasteiger partial charge in [0.05, 0.1) is 24.7 Å². The summed E-state index contributed by atoms with van der Waals surface area (Å²) in [4.78, 5) is 34.0. The van der Waals surface area contributed by atoms with Crippen molar-refractivity contribution < 1.29 is 9.21 Å². The van der Waals surface area contributed by atoms with Crippen molar-refractivity contribution in [3.63, 3.8) is 0 Å². The van der Waals surface area contributed by atoms with Gasteiger partial charge in [-0.25, -0.2) is 4.98 Å². The molecule has 0 atom stereocenters. The largest absolute Gasteiger partial charge is 0.467 e. The Morgan fingerprint density at radius 1 is 1.28 bits per heavy atom. The summed E-state index contributed by atoms with van der Waals surface area (Å²) in [6.45, 7) is 3.07. The molecule has 1 aliphatic heterocycles. The Balaban J connectivity index is 1.57. The number of amides is 1. The summed E-state index contributed by atoms with van der Waals surface area (Å²) in [5.74, 6) is 1.42. The van der Waals surface area contributed by atoms with Crippen molar-refractivity contribution in [1.29, 1.82) is 0 Å². The van der Waals surface area contributed by atoms with E-state index in [1.807, 2.05) is 41.3 Å². The number of benzene rings is 1. The van der Waals surface area contributed by atoms with Crippen molar-refractivity contribution in [1.82, 2.24) is 14.5 Å². The van der Waals surface area contributed by atoms with Gasteiger partial charge in [0, 0.05) is 29.1 Å². The van der Waals surface area contributed by atoms with Crippen molar-refractivity contribution in [2.24, 2.45) is 0 Å². The van der Waals surface area contributed by atoms with E-state index in [9.17, 15) is 9.59 Å². The SMILES string of the molecule is CC(=O)N1CCc2c(sc3nc(SCc4ccc(Cl)cc4)n(Cc4ccco4)c(=O)c23)C1. The van der Waals surface area contributed by atoms with Gasteiger partial charge in [0.15, 0.2) is 5.16 Å². The van der Waals surface area contributed by atoms with E-state index in [0.29, 0.717) is 53.1 Å². The molecule has 0 unspecified atom stereocenters. The summed E-state index contributed by atoms with van der Waals surface area (Å²) in [6.07, 6.45) is 2.28. The molecule has 0 saturated heterocycles. The number of nitrogens with zero attached hydrogens (tertiary/aromatic N) is 3. The summed E-state index contributed by atoms with van der Waals surface area (Å²) in [7, 11) is 0. The summed E-state index contributed by atoms with van der Waals surface area (Å²) >= 11 is 9.04. The number of thiophene rings is 1. The van der Waals surface area contributed by atoms with Gasteiger partial charge in [0.25, 0.3) is 5.56 Å². The van der Waals surface area contributed by atoms with Crippen LogP contribution in [-0.4, -0.2) is 26.9 Å². The molecular weight excluding hydrogens is 466 g/mol. The molecule has 0 bridgehead atoms. The van der Waals surface area contributed by atoms with E-state index in [1.165, 1.54) is 23.1 Å². The van der Waals surface area contributed by atoms with E-state index in [2.05, 4.69) is 0 Å². The highest BCUT2D eigenvalue weighted by Crippen LogP contribution is 2.34. The predicted molar refractivity (Wildman–Crippen MR) is 127 cm³/mol. The minimum atomic E-state index is -0.0567. The lowest BCUT2D eigenvalue weighted by molar-refractivity contribution is -0.129. The third-order valence-corrected chi connectivity index (χ3v) is 7.96. The van der Waals surface area contributed by atoms with Crippen LogP contribution in [0.4, 0.5) is 0 Å². The molecule has 0 radical (unpaired) electrons. The van der Waals surface area contributed by atoms with E-state index in [-0.39, 0.29) is 11.5 Å². The maximum atomic E-state index is 13.7. The van der Waals surface area contributed by atoms with Gasteiger partial charge in [-0.05, 0) is 41.8 Å². The lowest BCUT2D eigenvalue weighted by atomic mass is 10.1. The second-order valence-electron chi connectivity index (χ2n) is 7.65. The lowest BCUT2D eigenvalue weighted by Crippen LogP contribution is -2.34. The molecule has 4 heterocycles. The number of thioether (sulfide) groups is 1. The average Bonchev–Trinajstić information content (AvgIpc) is 3.42. The Hall–Kier alpha value is -2.55. The van der Waals surface area contributed by atoms with Crippen molar-refractivity contribution in [3.8, 4) is 0 Å². The molecule has 6 nitrogen and oxygen atoms in total. The minimum absolute atomic E-state index is 0.0514. The Morgan fingerprint density at radius 3 is 2.81 bits per heavy atom. The number of hydrogen-bond donors (Lipinski definition) is 0. The van der Waals surface area contributed by atoms with Gasteiger partial charge in [-0.1, -0.05) is 35.5 Å². The molecule has 32 heavy (non-hydrogen) atoms. The molecule has 5 rings (SSSR count). The summed E-state index contributed by atoms with van der Waals surface area (Å²) in [5, 5.41) is 2.02. The molecule has 1 amide bonds. The van der Waals surface area contributed by atoms with Crippen LogP contribution in [0.25, 0.3) is 10.2 Å². The topological polar surface area (TPSA) is 68.3 Å². The van der Waals surface area contributed by atoms with Gasteiger partial charge in [0.2, 0.25) is 5.91 Å². The monoisotopic (exact) mass is 485 g/mol. The molecule has 0 aliphatic carbocycles. The Labute approximate surface area is 197 Å². The third kappa shape index (κ3) is 4.10. The molecule has 164 valence electrons. The number of carbonyl (C=O) groups is 1. The van der Waals surface area contributed by atoms with Gasteiger partial charge >= 0.3 is 0 Å². The predicted octanol–water partition coefficient (Wildman–Crippen LogP) is 4.95. The van der Waals surface area contributed by atoms with Crippen LogP contribution in [0.2, 0.25) is 5.02 Å². The maximum absolute atomic E-state index is 13.7. The van der Waals surface area contributed by atoms with E-state index in [4.69, 9.17) is 21.0 Å². The van der Waals surface area contributed by atoms with E-state index in [1.54, 1.807) is 17.8 Å². The van der Waals surface area contributed by atoms with Crippen molar-refractivity contribution in [2.75, 3.05) is 6.54 Å². The van der Waals surface area contributed by atoms with Crippen LogP contribution in [0.3, 0.4) is 0 Å². The first-order valence-corrected chi connectivity index (χ1v) is 12.4. The van der Waals surface area contributed by atoms with Crippen LogP contribution in [0, 0.1) is 0 Å². The fourth-order valence-electron chi connectivity index (χ4n) is 3.86. The molecule has 0 saturated carbocycles. The first-order valence-electron chi connectivity index (χ1n) is 10.2. The number of carbonyl (C=O) groups excluding carboxylic acids is 1. The van der Waals surface area contributed by atoms with Gasteiger partial charge in [-0.15, -0.1) is 11.3 Å². The summed E-state index contributed by atoms with van der Waals surface area (Å²) < 4.78 is 7.22. The van der Waals surface area contributed by atoms with Crippen LogP contribution in [0.15, 0.2) is 57.0 Å². The Bertz CT molecular complexity index is 1340. The van der Waals surface area contributed by atoms with Crippen LogP contribution >= 0.6 is 34.7 Å². The molecule has 1 aromatic carbocycles. The fraction of sp³-hybridized carbons (Fsp3) is 0.261. The first-order chi connectivity index (χ1) is 15.5. The lowest BCUT2D eigenvalue weighted by Gasteiger charge is -2.25. The van der Waals surface area contributed by atoms with Gasteiger partial charge in [0.1, 0.15) is 10.6 Å². The van der Waals surface area contributed by atoms with Crippen LogP contribution in [-0.2, 0) is 30.1 Å². The number of halogens is 1. The molecular formula is C23H20ClN3O3S2. The van der Waals surface area contributed by atoms with Gasteiger partial charge < -0.3 is 9.32 Å². The Morgan fingerprint density at radius 2 is 2.09 bits per heavy atom. The second kappa shape index (κ2) is 8.77. The van der Waals surface area contributed by atoms with Crippen molar-refractivity contribution >= 4 is 50.8 Å². The van der Waals surface area contributed by atoms with Crippen molar-refractivity contribution in [3.05, 3.63) is 79.8 Å². The third-order valence-electron chi connectivity index (χ3n) is 5.55. The highest BCUT2D eigenvalue weighted by molar-refractivity contribution is 7.98. The number of furan rings is 1. The fourth-order valence-corrected chi connectivity index (χ4v) is 6.22. The molecule has 9 heteroatoms. The zero-order valence-corrected chi connectivity index (χ0v) is 19.7. The molecule has 4 aromatic rings.